The van der Waals surface area contributed by atoms with Crippen molar-refractivity contribution in [3.8, 4) is 0 Å². The molecule has 0 bridgehead atoms. The van der Waals surface area contributed by atoms with E-state index >= 15 is 0 Å². The molecule has 0 spiro atoms. The molecule has 2 N–H and O–H groups in total. The van der Waals surface area contributed by atoms with E-state index in [1.807, 2.05) is 13.0 Å². The van der Waals surface area contributed by atoms with Gasteiger partial charge in [-0.2, -0.15) is 0 Å². The third-order valence-electron chi connectivity index (χ3n) is 3.55. The molecule has 1 aliphatic heterocycles. The summed E-state index contributed by atoms with van der Waals surface area (Å²) >= 11 is 3.37. The van der Waals surface area contributed by atoms with E-state index in [4.69, 9.17) is 0 Å². The van der Waals surface area contributed by atoms with Crippen LogP contribution in [-0.2, 0) is 0 Å². The number of amides is 1. The average Bonchev–Trinajstić information content (AvgIpc) is 2.93. The molecular weight excluding hydrogens is 332 g/mol. The number of hydrogen-bond donors (Lipinski definition) is 2. The highest BCUT2D eigenvalue weighted by atomic mass is 79.9. The summed E-state index contributed by atoms with van der Waals surface area (Å²) in [6, 6.07) is 1.94. The average molecular weight is 355 g/mol. The van der Waals surface area contributed by atoms with Gasteiger partial charge in [0, 0.05) is 29.8 Å². The van der Waals surface area contributed by atoms with Crippen LogP contribution in [0.4, 0.5) is 5.82 Å². The molecule has 0 aliphatic carbocycles. The van der Waals surface area contributed by atoms with Gasteiger partial charge >= 0.3 is 0 Å². The second-order valence-corrected chi connectivity index (χ2v) is 6.38. The van der Waals surface area contributed by atoms with Crippen LogP contribution in [0, 0.1) is 0 Å². The molecule has 0 radical (unpaired) electrons. The summed E-state index contributed by atoms with van der Waals surface area (Å²) < 4.78 is 0.807. The predicted octanol–water partition coefficient (Wildman–Crippen LogP) is 2.49. The second kappa shape index (κ2) is 7.75. The van der Waals surface area contributed by atoms with Crippen molar-refractivity contribution in [3.63, 3.8) is 0 Å². The first-order valence-corrected chi connectivity index (χ1v) is 8.32. The number of anilines is 1. The van der Waals surface area contributed by atoms with E-state index in [9.17, 15) is 4.79 Å². The van der Waals surface area contributed by atoms with Gasteiger partial charge in [-0.15, -0.1) is 0 Å². The minimum absolute atomic E-state index is 0.0774. The standard InChI is InChI=1S/C15H23BrN4O/c1-3-17-14-13(8-12(16)9-18-14)15(21)19-11(2)10-20-6-4-5-7-20/h8-9,11H,3-7,10H2,1-2H3,(H,17,18)(H,19,21). The van der Waals surface area contributed by atoms with Crippen LogP contribution >= 0.6 is 15.9 Å². The SMILES string of the molecule is CCNc1ncc(Br)cc1C(=O)NC(C)CN1CCCC1. The predicted molar refractivity (Wildman–Crippen MR) is 88.7 cm³/mol. The molecule has 1 atom stereocenters. The number of likely N-dealkylation sites (tertiary alicyclic amines) is 1. The van der Waals surface area contributed by atoms with Gasteiger partial charge in [0.2, 0.25) is 0 Å². The van der Waals surface area contributed by atoms with Gasteiger partial charge in [-0.25, -0.2) is 4.98 Å². The van der Waals surface area contributed by atoms with Crippen molar-refractivity contribution >= 4 is 27.7 Å². The van der Waals surface area contributed by atoms with Crippen LogP contribution in [0.15, 0.2) is 16.7 Å². The Balaban J connectivity index is 1.99. The molecule has 1 amide bonds. The van der Waals surface area contributed by atoms with E-state index < -0.39 is 0 Å². The summed E-state index contributed by atoms with van der Waals surface area (Å²) in [5.74, 6) is 0.554. The topological polar surface area (TPSA) is 57.3 Å². The Labute approximate surface area is 134 Å². The van der Waals surface area contributed by atoms with Crippen LogP contribution in [0.2, 0.25) is 0 Å². The first-order valence-electron chi connectivity index (χ1n) is 7.52. The first kappa shape index (κ1) is 16.2. The molecule has 21 heavy (non-hydrogen) atoms. The fourth-order valence-electron chi connectivity index (χ4n) is 2.62. The fourth-order valence-corrected chi connectivity index (χ4v) is 2.95. The number of pyridine rings is 1. The molecule has 116 valence electrons. The lowest BCUT2D eigenvalue weighted by Gasteiger charge is -2.21. The summed E-state index contributed by atoms with van der Waals surface area (Å²) in [4.78, 5) is 19.1. The molecule has 5 nitrogen and oxygen atoms in total. The van der Waals surface area contributed by atoms with Crippen molar-refractivity contribution in [2.24, 2.45) is 0 Å². The van der Waals surface area contributed by atoms with Crippen molar-refractivity contribution in [2.75, 3.05) is 31.5 Å². The molecule has 2 heterocycles. The van der Waals surface area contributed by atoms with Crippen molar-refractivity contribution in [3.05, 3.63) is 22.3 Å². The van der Waals surface area contributed by atoms with Crippen molar-refractivity contribution in [1.29, 1.82) is 0 Å². The highest BCUT2D eigenvalue weighted by Crippen LogP contribution is 2.18. The molecule has 1 saturated heterocycles. The van der Waals surface area contributed by atoms with E-state index in [0.717, 1.165) is 30.7 Å². The zero-order valence-corrected chi connectivity index (χ0v) is 14.2. The first-order chi connectivity index (χ1) is 10.1. The molecule has 1 aliphatic rings. The molecule has 0 aromatic carbocycles. The number of carbonyl (C=O) groups is 1. The van der Waals surface area contributed by atoms with Gasteiger partial charge in [0.25, 0.3) is 5.91 Å². The summed E-state index contributed by atoms with van der Waals surface area (Å²) in [6.07, 6.45) is 4.23. The second-order valence-electron chi connectivity index (χ2n) is 5.46. The summed E-state index contributed by atoms with van der Waals surface area (Å²) in [7, 11) is 0. The van der Waals surface area contributed by atoms with Crippen LogP contribution < -0.4 is 10.6 Å². The zero-order valence-electron chi connectivity index (χ0n) is 12.7. The lowest BCUT2D eigenvalue weighted by molar-refractivity contribution is 0.0932. The van der Waals surface area contributed by atoms with Gasteiger partial charge in [0.1, 0.15) is 5.82 Å². The maximum Gasteiger partial charge on any atom is 0.255 e. The molecule has 6 heteroatoms. The van der Waals surface area contributed by atoms with Crippen LogP contribution in [0.3, 0.4) is 0 Å². The smallest absolute Gasteiger partial charge is 0.255 e. The maximum atomic E-state index is 12.4. The molecule has 1 aromatic rings. The molecule has 1 aromatic heterocycles. The van der Waals surface area contributed by atoms with Gasteiger partial charge in [-0.05, 0) is 61.8 Å². The number of carbonyl (C=O) groups excluding carboxylic acids is 1. The number of nitrogens with one attached hydrogen (secondary N) is 2. The number of nitrogens with zero attached hydrogens (tertiary/aromatic N) is 2. The van der Waals surface area contributed by atoms with Gasteiger partial charge in [0.15, 0.2) is 0 Å². The Bertz CT molecular complexity index is 489. The monoisotopic (exact) mass is 354 g/mol. The largest absolute Gasteiger partial charge is 0.370 e. The maximum absolute atomic E-state index is 12.4. The van der Waals surface area contributed by atoms with Gasteiger partial charge in [-0.1, -0.05) is 0 Å². The Morgan fingerprint density at radius 1 is 1.48 bits per heavy atom. The summed E-state index contributed by atoms with van der Waals surface area (Å²) in [5.41, 5.74) is 0.583. The van der Waals surface area contributed by atoms with E-state index in [0.29, 0.717) is 11.4 Å². The lowest BCUT2D eigenvalue weighted by atomic mass is 10.2. The van der Waals surface area contributed by atoms with Crippen molar-refractivity contribution in [2.45, 2.75) is 32.7 Å². The van der Waals surface area contributed by atoms with Gasteiger partial charge in [-0.3, -0.25) is 4.79 Å². The molecule has 1 fully saturated rings. The van der Waals surface area contributed by atoms with E-state index in [2.05, 4.69) is 43.4 Å². The normalized spacial score (nSPS) is 16.7. The highest BCUT2D eigenvalue weighted by molar-refractivity contribution is 9.10. The van der Waals surface area contributed by atoms with Crippen LogP contribution in [-0.4, -0.2) is 48.0 Å². The Morgan fingerprint density at radius 2 is 2.19 bits per heavy atom. The highest BCUT2D eigenvalue weighted by Gasteiger charge is 2.18. The number of aromatic nitrogens is 1. The van der Waals surface area contributed by atoms with E-state index in [1.165, 1.54) is 12.8 Å². The summed E-state index contributed by atoms with van der Waals surface area (Å²) in [5, 5.41) is 6.20. The molecule has 1 unspecified atom stereocenters. The number of rotatable bonds is 6. The third kappa shape index (κ3) is 4.68. The Kier molecular flexibility index (Phi) is 5.99. The quantitative estimate of drug-likeness (QED) is 0.823. The van der Waals surface area contributed by atoms with E-state index in [1.54, 1.807) is 6.20 Å². The lowest BCUT2D eigenvalue weighted by Crippen LogP contribution is -2.41. The molecule has 2 rings (SSSR count). The zero-order chi connectivity index (χ0) is 15.2. The molecular formula is C15H23BrN4O. The third-order valence-corrected chi connectivity index (χ3v) is 3.99. The van der Waals surface area contributed by atoms with Crippen LogP contribution in [0.5, 0.6) is 0 Å². The summed E-state index contributed by atoms with van der Waals surface area (Å²) in [6.45, 7) is 7.96. The van der Waals surface area contributed by atoms with E-state index in [-0.39, 0.29) is 11.9 Å². The Morgan fingerprint density at radius 3 is 2.86 bits per heavy atom. The molecule has 0 saturated carbocycles. The fraction of sp³-hybridized carbons (Fsp3) is 0.600. The van der Waals surface area contributed by atoms with Crippen LogP contribution in [0.1, 0.15) is 37.0 Å². The number of hydrogen-bond acceptors (Lipinski definition) is 4. The van der Waals surface area contributed by atoms with Gasteiger partial charge in [0.05, 0.1) is 5.56 Å². The van der Waals surface area contributed by atoms with Gasteiger partial charge < -0.3 is 15.5 Å². The van der Waals surface area contributed by atoms with Crippen molar-refractivity contribution in [1.82, 2.24) is 15.2 Å². The minimum atomic E-state index is -0.0774. The van der Waals surface area contributed by atoms with Crippen LogP contribution in [0.25, 0.3) is 0 Å². The minimum Gasteiger partial charge on any atom is -0.370 e. The Hall–Kier alpha value is -1.14. The number of halogens is 1. The van der Waals surface area contributed by atoms with Crippen molar-refractivity contribution < 1.29 is 4.79 Å².